The molecule has 0 aliphatic carbocycles. The first-order valence-corrected chi connectivity index (χ1v) is 5.86. The second-order valence-electron chi connectivity index (χ2n) is 5.07. The van der Waals surface area contributed by atoms with Gasteiger partial charge in [0.25, 0.3) is 5.91 Å². The molecule has 0 radical (unpaired) electrons. The normalized spacial score (nSPS) is 11.7. The molecular formula is C13H14F3NO4. The van der Waals surface area contributed by atoms with Crippen LogP contribution in [-0.2, 0) is 15.8 Å². The molecule has 0 fully saturated rings. The smallest absolute Gasteiger partial charge is 0.427 e. The zero-order valence-corrected chi connectivity index (χ0v) is 11.6. The molecule has 0 unspecified atom stereocenters. The van der Waals surface area contributed by atoms with E-state index in [4.69, 9.17) is 4.74 Å². The highest BCUT2D eigenvalue weighted by molar-refractivity contribution is 5.94. The van der Waals surface area contributed by atoms with E-state index in [0.29, 0.717) is 0 Å². The van der Waals surface area contributed by atoms with Gasteiger partial charge in [0.1, 0.15) is 5.60 Å². The summed E-state index contributed by atoms with van der Waals surface area (Å²) in [5.74, 6) is -0.866. The van der Waals surface area contributed by atoms with Crippen LogP contribution < -0.4 is 5.48 Å². The largest absolute Gasteiger partial charge is 0.533 e. The van der Waals surface area contributed by atoms with Crippen molar-refractivity contribution in [2.45, 2.75) is 32.5 Å². The lowest BCUT2D eigenvalue weighted by molar-refractivity contribution is -0.137. The molecule has 0 heterocycles. The van der Waals surface area contributed by atoms with Crippen LogP contribution in [0.3, 0.4) is 0 Å². The van der Waals surface area contributed by atoms with Crippen LogP contribution in [0.4, 0.5) is 18.0 Å². The van der Waals surface area contributed by atoms with Crippen molar-refractivity contribution in [2.75, 3.05) is 0 Å². The topological polar surface area (TPSA) is 64.6 Å². The van der Waals surface area contributed by atoms with Gasteiger partial charge in [-0.25, -0.2) is 4.79 Å². The number of hydrogen-bond acceptors (Lipinski definition) is 4. The van der Waals surface area contributed by atoms with Gasteiger partial charge in [0, 0.05) is 5.56 Å². The highest BCUT2D eigenvalue weighted by atomic mass is 19.4. The number of alkyl halides is 3. The Morgan fingerprint density at radius 2 is 1.57 bits per heavy atom. The predicted molar refractivity (Wildman–Crippen MR) is 66.2 cm³/mol. The number of nitrogens with one attached hydrogen (secondary N) is 1. The van der Waals surface area contributed by atoms with E-state index in [1.807, 2.05) is 0 Å². The van der Waals surface area contributed by atoms with Crippen LogP contribution >= 0.6 is 0 Å². The summed E-state index contributed by atoms with van der Waals surface area (Å²) in [5, 5.41) is 0. The fourth-order valence-corrected chi connectivity index (χ4v) is 1.23. The molecule has 116 valence electrons. The second kappa shape index (κ2) is 6.02. The molecule has 0 atom stereocenters. The molecule has 1 amide bonds. The Labute approximate surface area is 119 Å². The van der Waals surface area contributed by atoms with E-state index >= 15 is 0 Å². The van der Waals surface area contributed by atoms with Crippen molar-refractivity contribution in [3.63, 3.8) is 0 Å². The highest BCUT2D eigenvalue weighted by Crippen LogP contribution is 2.29. The first kappa shape index (κ1) is 16.8. The van der Waals surface area contributed by atoms with Crippen molar-refractivity contribution in [2.24, 2.45) is 0 Å². The third-order valence-electron chi connectivity index (χ3n) is 2.09. The quantitative estimate of drug-likeness (QED) is 0.638. The van der Waals surface area contributed by atoms with Crippen LogP contribution in [0, 0.1) is 0 Å². The van der Waals surface area contributed by atoms with Crippen molar-refractivity contribution in [1.29, 1.82) is 0 Å². The van der Waals surface area contributed by atoms with E-state index in [-0.39, 0.29) is 5.56 Å². The standard InChI is InChI=1S/C13H14F3NO4/c1-12(2,3)20-11(19)21-17-10(18)8-4-6-9(7-5-8)13(14,15)16/h4-7H,1-3H3,(H,17,18). The second-order valence-corrected chi connectivity index (χ2v) is 5.07. The average molecular weight is 305 g/mol. The van der Waals surface area contributed by atoms with Gasteiger partial charge in [0.05, 0.1) is 5.56 Å². The van der Waals surface area contributed by atoms with E-state index in [0.717, 1.165) is 24.3 Å². The molecule has 21 heavy (non-hydrogen) atoms. The van der Waals surface area contributed by atoms with Gasteiger partial charge in [0.2, 0.25) is 0 Å². The first-order valence-electron chi connectivity index (χ1n) is 5.86. The molecule has 8 heteroatoms. The lowest BCUT2D eigenvalue weighted by atomic mass is 10.1. The minimum absolute atomic E-state index is 0.0911. The van der Waals surface area contributed by atoms with Crippen LogP contribution in [0.1, 0.15) is 36.7 Å². The van der Waals surface area contributed by atoms with Gasteiger partial charge in [-0.15, -0.1) is 0 Å². The monoisotopic (exact) mass is 305 g/mol. The van der Waals surface area contributed by atoms with Crippen LogP contribution in [0.25, 0.3) is 0 Å². The molecule has 1 aromatic carbocycles. The molecule has 5 nitrogen and oxygen atoms in total. The maximum Gasteiger partial charge on any atom is 0.533 e. The Morgan fingerprint density at radius 1 is 1.05 bits per heavy atom. The summed E-state index contributed by atoms with van der Waals surface area (Å²) >= 11 is 0. The van der Waals surface area contributed by atoms with Crippen molar-refractivity contribution < 1.29 is 32.3 Å². The Hall–Kier alpha value is -2.25. The van der Waals surface area contributed by atoms with Gasteiger partial charge in [-0.05, 0) is 45.0 Å². The van der Waals surface area contributed by atoms with Crippen molar-refractivity contribution >= 4 is 12.1 Å². The number of carbonyl (C=O) groups excluding carboxylic acids is 2. The molecule has 1 N–H and O–H groups in total. The fourth-order valence-electron chi connectivity index (χ4n) is 1.23. The third-order valence-corrected chi connectivity index (χ3v) is 2.09. The minimum atomic E-state index is -4.48. The zero-order valence-electron chi connectivity index (χ0n) is 11.6. The molecular weight excluding hydrogens is 291 g/mol. The molecule has 0 bridgehead atoms. The number of hydroxylamine groups is 1. The van der Waals surface area contributed by atoms with Gasteiger partial charge in [0.15, 0.2) is 0 Å². The number of rotatable bonds is 1. The summed E-state index contributed by atoms with van der Waals surface area (Å²) in [6, 6.07) is 3.44. The fraction of sp³-hybridized carbons (Fsp3) is 0.385. The van der Waals surface area contributed by atoms with Gasteiger partial charge in [-0.1, -0.05) is 0 Å². The number of halogens is 3. The maximum absolute atomic E-state index is 12.3. The molecule has 0 aromatic heterocycles. The number of benzene rings is 1. The maximum atomic E-state index is 12.3. The highest BCUT2D eigenvalue weighted by Gasteiger charge is 2.30. The lowest BCUT2D eigenvalue weighted by Crippen LogP contribution is -2.31. The minimum Gasteiger partial charge on any atom is -0.427 e. The van der Waals surface area contributed by atoms with Crippen molar-refractivity contribution in [3.8, 4) is 0 Å². The van der Waals surface area contributed by atoms with Crippen LogP contribution in [0.15, 0.2) is 24.3 Å². The molecule has 1 aromatic rings. The van der Waals surface area contributed by atoms with E-state index in [2.05, 4.69) is 4.84 Å². The third kappa shape index (κ3) is 5.72. The molecule has 0 saturated heterocycles. The number of hydrogen-bond donors (Lipinski definition) is 1. The van der Waals surface area contributed by atoms with Crippen molar-refractivity contribution in [1.82, 2.24) is 5.48 Å². The van der Waals surface area contributed by atoms with E-state index in [9.17, 15) is 22.8 Å². The van der Waals surface area contributed by atoms with E-state index < -0.39 is 29.4 Å². The van der Waals surface area contributed by atoms with Gasteiger partial charge >= 0.3 is 12.3 Å². The number of carbonyl (C=O) groups is 2. The molecule has 0 aliphatic rings. The van der Waals surface area contributed by atoms with Gasteiger partial charge in [-0.3, -0.25) is 4.79 Å². The summed E-state index contributed by atoms with van der Waals surface area (Å²) in [6.45, 7) is 4.81. The Balaban J connectivity index is 2.59. The number of ether oxygens (including phenoxy) is 1. The average Bonchev–Trinajstić information content (AvgIpc) is 2.33. The lowest BCUT2D eigenvalue weighted by Gasteiger charge is -2.18. The summed E-state index contributed by atoms with van der Waals surface area (Å²) in [6.07, 6.45) is -5.61. The van der Waals surface area contributed by atoms with Gasteiger partial charge < -0.3 is 9.57 Å². The molecule has 0 spiro atoms. The Kier molecular flexibility index (Phi) is 4.82. The summed E-state index contributed by atoms with van der Waals surface area (Å²) in [4.78, 5) is 27.1. The van der Waals surface area contributed by atoms with Crippen LogP contribution in [0.2, 0.25) is 0 Å². The zero-order chi connectivity index (χ0) is 16.3. The SMILES string of the molecule is CC(C)(C)OC(=O)ONC(=O)c1ccc(C(F)(F)F)cc1. The van der Waals surface area contributed by atoms with Gasteiger partial charge in [-0.2, -0.15) is 18.7 Å². The Morgan fingerprint density at radius 3 is 2.00 bits per heavy atom. The van der Waals surface area contributed by atoms with Crippen LogP contribution in [0.5, 0.6) is 0 Å². The summed E-state index contributed by atoms with van der Waals surface area (Å²) in [7, 11) is 0. The first-order chi connectivity index (χ1) is 9.49. The molecule has 0 aliphatic heterocycles. The predicted octanol–water partition coefficient (Wildman–Crippen LogP) is 3.30. The van der Waals surface area contributed by atoms with E-state index in [1.165, 1.54) is 0 Å². The van der Waals surface area contributed by atoms with E-state index in [1.54, 1.807) is 26.3 Å². The van der Waals surface area contributed by atoms with Crippen LogP contribution in [-0.4, -0.2) is 17.7 Å². The summed E-state index contributed by atoms with van der Waals surface area (Å²) < 4.78 is 41.8. The molecule has 0 saturated carbocycles. The molecule has 1 rings (SSSR count). The summed E-state index contributed by atoms with van der Waals surface area (Å²) in [5.41, 5.74) is 0.0159. The van der Waals surface area contributed by atoms with Crippen molar-refractivity contribution in [3.05, 3.63) is 35.4 Å². The Bertz CT molecular complexity index is 518. The number of amides is 1.